The first-order valence-corrected chi connectivity index (χ1v) is 5.26. The summed E-state index contributed by atoms with van der Waals surface area (Å²) in [6, 6.07) is 7.40. The first kappa shape index (κ1) is 10.7. The molecule has 16 heavy (non-hydrogen) atoms. The van der Waals surface area contributed by atoms with Gasteiger partial charge in [0.05, 0.1) is 18.8 Å². The molecule has 4 nitrogen and oxygen atoms in total. The van der Waals surface area contributed by atoms with E-state index in [2.05, 4.69) is 0 Å². The normalized spacial score (nSPS) is 14.6. The molecule has 2 rings (SSSR count). The van der Waals surface area contributed by atoms with Crippen LogP contribution >= 0.6 is 0 Å². The Hall–Kier alpha value is -1.84. The third-order valence-electron chi connectivity index (χ3n) is 2.49. The summed E-state index contributed by atoms with van der Waals surface area (Å²) < 4.78 is 4.92. The van der Waals surface area contributed by atoms with Crippen LogP contribution in [0.25, 0.3) is 0 Å². The second-order valence-electron chi connectivity index (χ2n) is 3.63. The Morgan fingerprint density at radius 1 is 1.44 bits per heavy atom. The number of hydrogen-bond donors (Lipinski definition) is 0. The zero-order chi connectivity index (χ0) is 11.5. The van der Waals surface area contributed by atoms with Crippen molar-refractivity contribution in [1.82, 2.24) is 0 Å². The number of Topliss-reactive ketones (excluding diaryl/α,β-unsaturated/α-hetero) is 1. The maximum absolute atomic E-state index is 11.7. The molecule has 1 aliphatic heterocycles. The molecule has 0 fully saturated rings. The maximum atomic E-state index is 11.7. The molecule has 0 atom stereocenters. The molecule has 0 aliphatic carbocycles. The highest BCUT2D eigenvalue weighted by Crippen LogP contribution is 2.25. The Morgan fingerprint density at radius 2 is 2.19 bits per heavy atom. The Labute approximate surface area is 93.8 Å². The fourth-order valence-corrected chi connectivity index (χ4v) is 1.82. The zero-order valence-corrected chi connectivity index (χ0v) is 9.10. The van der Waals surface area contributed by atoms with E-state index in [9.17, 15) is 9.59 Å². The molecule has 1 heterocycles. The molecule has 0 N–H and O–H groups in total. The molecule has 0 radical (unpaired) electrons. The van der Waals surface area contributed by atoms with Crippen molar-refractivity contribution in [3.63, 3.8) is 0 Å². The van der Waals surface area contributed by atoms with E-state index in [4.69, 9.17) is 4.74 Å². The summed E-state index contributed by atoms with van der Waals surface area (Å²) in [5.41, 5.74) is 1.66. The number of carbonyl (C=O) groups excluding carboxylic acids is 2. The number of anilines is 1. The highest BCUT2D eigenvalue weighted by molar-refractivity contribution is 6.00. The molecule has 1 aliphatic rings. The van der Waals surface area contributed by atoms with Gasteiger partial charge >= 0.3 is 6.09 Å². The molecule has 1 aromatic rings. The first-order chi connectivity index (χ1) is 7.72. The lowest BCUT2D eigenvalue weighted by atomic mass is 10.0. The predicted molar refractivity (Wildman–Crippen MR) is 59.5 cm³/mol. The number of para-hydroxylation sites is 1. The predicted octanol–water partition coefficient (Wildman–Crippen LogP) is 1.77. The van der Waals surface area contributed by atoms with Crippen LogP contribution in [-0.2, 0) is 16.0 Å². The van der Waals surface area contributed by atoms with Crippen LogP contribution in [0.15, 0.2) is 24.3 Å². The van der Waals surface area contributed by atoms with E-state index in [0.29, 0.717) is 13.0 Å². The van der Waals surface area contributed by atoms with Crippen LogP contribution in [0.4, 0.5) is 10.5 Å². The van der Waals surface area contributed by atoms with Crippen LogP contribution in [0, 0.1) is 0 Å². The van der Waals surface area contributed by atoms with Crippen molar-refractivity contribution in [3.8, 4) is 0 Å². The number of ether oxygens (including phenoxy) is 1. The standard InChI is InChI=1S/C12H13NO3/c1-2-16-12(15)13-8-10(14)7-9-5-3-4-6-11(9)13/h3-6H,2,7-8H2,1H3. The van der Waals surface area contributed by atoms with Gasteiger partial charge in [-0.1, -0.05) is 18.2 Å². The SMILES string of the molecule is CCOC(=O)N1CC(=O)Cc2ccccc21. The van der Waals surface area contributed by atoms with E-state index in [1.165, 1.54) is 4.90 Å². The van der Waals surface area contributed by atoms with Gasteiger partial charge in [0.15, 0.2) is 5.78 Å². The minimum Gasteiger partial charge on any atom is -0.449 e. The molecule has 1 aromatic carbocycles. The van der Waals surface area contributed by atoms with E-state index in [1.807, 2.05) is 24.3 Å². The average molecular weight is 219 g/mol. The van der Waals surface area contributed by atoms with Gasteiger partial charge in [-0.2, -0.15) is 0 Å². The van der Waals surface area contributed by atoms with Crippen molar-refractivity contribution in [2.75, 3.05) is 18.1 Å². The van der Waals surface area contributed by atoms with Crippen LogP contribution < -0.4 is 4.90 Å². The maximum Gasteiger partial charge on any atom is 0.414 e. The molecular formula is C12H13NO3. The van der Waals surface area contributed by atoms with Gasteiger partial charge in [-0.15, -0.1) is 0 Å². The number of fused-ring (bicyclic) bond motifs is 1. The van der Waals surface area contributed by atoms with E-state index in [-0.39, 0.29) is 12.3 Å². The van der Waals surface area contributed by atoms with E-state index in [0.717, 1.165) is 11.3 Å². The second-order valence-corrected chi connectivity index (χ2v) is 3.63. The molecule has 0 spiro atoms. The molecular weight excluding hydrogens is 206 g/mol. The minimum atomic E-state index is -0.456. The number of nitrogens with zero attached hydrogens (tertiary/aromatic N) is 1. The van der Waals surface area contributed by atoms with Gasteiger partial charge in [0.2, 0.25) is 0 Å². The monoisotopic (exact) mass is 219 g/mol. The van der Waals surface area contributed by atoms with E-state index >= 15 is 0 Å². The van der Waals surface area contributed by atoms with Gasteiger partial charge in [-0.25, -0.2) is 4.79 Å². The minimum absolute atomic E-state index is 0.0340. The molecule has 1 amide bonds. The second kappa shape index (κ2) is 4.35. The topological polar surface area (TPSA) is 46.6 Å². The molecule has 0 bridgehead atoms. The third kappa shape index (κ3) is 1.91. The van der Waals surface area contributed by atoms with Gasteiger partial charge in [0.25, 0.3) is 0 Å². The van der Waals surface area contributed by atoms with Crippen LogP contribution in [-0.4, -0.2) is 25.0 Å². The Bertz CT molecular complexity index is 428. The zero-order valence-electron chi connectivity index (χ0n) is 9.10. The van der Waals surface area contributed by atoms with Gasteiger partial charge < -0.3 is 4.74 Å². The summed E-state index contributed by atoms with van der Waals surface area (Å²) in [5.74, 6) is 0.0340. The van der Waals surface area contributed by atoms with Crippen molar-refractivity contribution in [2.45, 2.75) is 13.3 Å². The van der Waals surface area contributed by atoms with Gasteiger partial charge in [-0.3, -0.25) is 9.69 Å². The van der Waals surface area contributed by atoms with Crippen molar-refractivity contribution in [2.24, 2.45) is 0 Å². The van der Waals surface area contributed by atoms with Crippen LogP contribution in [0.1, 0.15) is 12.5 Å². The summed E-state index contributed by atoms with van der Waals surface area (Å²) in [7, 11) is 0. The lowest BCUT2D eigenvalue weighted by molar-refractivity contribution is -0.117. The number of carbonyl (C=O) groups is 2. The largest absolute Gasteiger partial charge is 0.449 e. The molecule has 84 valence electrons. The summed E-state index contributed by atoms with van der Waals surface area (Å²) in [6.07, 6.45) is -0.0606. The van der Waals surface area contributed by atoms with Gasteiger partial charge in [0.1, 0.15) is 0 Å². The van der Waals surface area contributed by atoms with Crippen LogP contribution in [0.3, 0.4) is 0 Å². The van der Waals surface area contributed by atoms with Crippen molar-refractivity contribution in [1.29, 1.82) is 0 Å². The highest BCUT2D eigenvalue weighted by Gasteiger charge is 2.27. The average Bonchev–Trinajstić information content (AvgIpc) is 2.28. The van der Waals surface area contributed by atoms with Crippen LogP contribution in [0.5, 0.6) is 0 Å². The Kier molecular flexibility index (Phi) is 2.90. The number of benzene rings is 1. The van der Waals surface area contributed by atoms with Crippen molar-refractivity contribution in [3.05, 3.63) is 29.8 Å². The van der Waals surface area contributed by atoms with E-state index in [1.54, 1.807) is 6.92 Å². The van der Waals surface area contributed by atoms with Gasteiger partial charge in [0, 0.05) is 6.42 Å². The molecule has 4 heteroatoms. The van der Waals surface area contributed by atoms with Gasteiger partial charge in [-0.05, 0) is 18.6 Å². The highest BCUT2D eigenvalue weighted by atomic mass is 16.6. The fraction of sp³-hybridized carbons (Fsp3) is 0.333. The quantitative estimate of drug-likeness (QED) is 0.723. The molecule has 0 unspecified atom stereocenters. The molecule has 0 saturated carbocycles. The molecule has 0 aromatic heterocycles. The smallest absolute Gasteiger partial charge is 0.414 e. The molecule has 0 saturated heterocycles. The summed E-state index contributed by atoms with van der Waals surface area (Å²) in [5, 5.41) is 0. The fourth-order valence-electron chi connectivity index (χ4n) is 1.82. The summed E-state index contributed by atoms with van der Waals surface area (Å²) in [6.45, 7) is 2.16. The number of ketones is 1. The third-order valence-corrected chi connectivity index (χ3v) is 2.49. The summed E-state index contributed by atoms with van der Waals surface area (Å²) in [4.78, 5) is 24.5. The van der Waals surface area contributed by atoms with E-state index < -0.39 is 6.09 Å². The van der Waals surface area contributed by atoms with Crippen molar-refractivity contribution >= 4 is 17.6 Å². The van der Waals surface area contributed by atoms with Crippen molar-refractivity contribution < 1.29 is 14.3 Å². The lowest BCUT2D eigenvalue weighted by Crippen LogP contribution is -2.40. The number of rotatable bonds is 1. The Morgan fingerprint density at radius 3 is 2.94 bits per heavy atom. The lowest BCUT2D eigenvalue weighted by Gasteiger charge is -2.27. The summed E-state index contributed by atoms with van der Waals surface area (Å²) >= 11 is 0. The Balaban J connectivity index is 2.33. The number of amides is 1. The first-order valence-electron chi connectivity index (χ1n) is 5.26. The number of hydrogen-bond acceptors (Lipinski definition) is 3. The van der Waals surface area contributed by atoms with Crippen LogP contribution in [0.2, 0.25) is 0 Å².